The van der Waals surface area contributed by atoms with Crippen LogP contribution in [0.4, 0.5) is 5.69 Å². The van der Waals surface area contributed by atoms with E-state index in [2.05, 4.69) is 15.7 Å². The molecule has 0 spiro atoms. The standard InChI is InChI=1S/C12H20N4O2/c1-12(4-3-5-13-12)11(17)15-10-8-14-16(9-10)6-7-18-2/h8-9,13H,3-7H2,1-2H3,(H,15,17). The summed E-state index contributed by atoms with van der Waals surface area (Å²) < 4.78 is 6.73. The molecule has 0 aromatic carbocycles. The second kappa shape index (κ2) is 5.49. The van der Waals surface area contributed by atoms with E-state index < -0.39 is 5.54 Å². The summed E-state index contributed by atoms with van der Waals surface area (Å²) in [7, 11) is 1.65. The van der Waals surface area contributed by atoms with Gasteiger partial charge in [-0.15, -0.1) is 0 Å². The third kappa shape index (κ3) is 2.88. The van der Waals surface area contributed by atoms with Crippen molar-refractivity contribution in [2.75, 3.05) is 25.6 Å². The number of amides is 1. The van der Waals surface area contributed by atoms with Crippen LogP contribution in [0, 0.1) is 0 Å². The van der Waals surface area contributed by atoms with Crippen LogP contribution in [0.5, 0.6) is 0 Å². The minimum atomic E-state index is -0.450. The summed E-state index contributed by atoms with van der Waals surface area (Å²) in [6, 6.07) is 0. The Hall–Kier alpha value is -1.40. The Labute approximate surface area is 107 Å². The lowest BCUT2D eigenvalue weighted by Gasteiger charge is -2.22. The fourth-order valence-electron chi connectivity index (χ4n) is 2.09. The lowest BCUT2D eigenvalue weighted by atomic mass is 9.99. The van der Waals surface area contributed by atoms with Gasteiger partial charge >= 0.3 is 0 Å². The molecule has 0 radical (unpaired) electrons. The van der Waals surface area contributed by atoms with Crippen LogP contribution in [0.1, 0.15) is 19.8 Å². The lowest BCUT2D eigenvalue weighted by Crippen LogP contribution is -2.47. The van der Waals surface area contributed by atoms with Crippen LogP contribution >= 0.6 is 0 Å². The molecule has 6 nitrogen and oxygen atoms in total. The number of nitrogens with zero attached hydrogens (tertiary/aromatic N) is 2. The molecular weight excluding hydrogens is 232 g/mol. The molecule has 1 unspecified atom stereocenters. The number of nitrogens with one attached hydrogen (secondary N) is 2. The molecule has 1 aliphatic rings. The van der Waals surface area contributed by atoms with Gasteiger partial charge in [-0.05, 0) is 26.3 Å². The zero-order chi connectivity index (χ0) is 13.0. The fraction of sp³-hybridized carbons (Fsp3) is 0.667. The van der Waals surface area contributed by atoms with E-state index in [4.69, 9.17) is 4.74 Å². The number of carbonyl (C=O) groups excluding carboxylic acids is 1. The molecule has 6 heteroatoms. The molecular formula is C12H20N4O2. The largest absolute Gasteiger partial charge is 0.383 e. The van der Waals surface area contributed by atoms with Crippen molar-refractivity contribution in [1.29, 1.82) is 0 Å². The van der Waals surface area contributed by atoms with Crippen LogP contribution in [0.25, 0.3) is 0 Å². The molecule has 0 saturated carbocycles. The number of carbonyl (C=O) groups is 1. The first-order valence-electron chi connectivity index (χ1n) is 6.22. The number of rotatable bonds is 5. The van der Waals surface area contributed by atoms with Crippen molar-refractivity contribution in [3.8, 4) is 0 Å². The summed E-state index contributed by atoms with van der Waals surface area (Å²) in [6.07, 6.45) is 5.38. The third-order valence-electron chi connectivity index (χ3n) is 3.29. The van der Waals surface area contributed by atoms with Crippen molar-refractivity contribution in [1.82, 2.24) is 15.1 Å². The number of aromatic nitrogens is 2. The highest BCUT2D eigenvalue weighted by molar-refractivity contribution is 5.97. The number of hydrogen-bond donors (Lipinski definition) is 2. The van der Waals surface area contributed by atoms with E-state index in [1.165, 1.54) is 0 Å². The van der Waals surface area contributed by atoms with Gasteiger partial charge in [0.15, 0.2) is 0 Å². The highest BCUT2D eigenvalue weighted by Gasteiger charge is 2.35. The smallest absolute Gasteiger partial charge is 0.244 e. The molecule has 0 aliphatic carbocycles. The van der Waals surface area contributed by atoms with Gasteiger partial charge < -0.3 is 15.4 Å². The van der Waals surface area contributed by atoms with Crippen LogP contribution in [0.15, 0.2) is 12.4 Å². The van der Waals surface area contributed by atoms with Gasteiger partial charge in [-0.25, -0.2) is 0 Å². The van der Waals surface area contributed by atoms with Crippen LogP contribution in [-0.4, -0.2) is 41.5 Å². The molecule has 100 valence electrons. The number of hydrogen-bond acceptors (Lipinski definition) is 4. The van der Waals surface area contributed by atoms with Crippen LogP contribution in [0.2, 0.25) is 0 Å². The van der Waals surface area contributed by atoms with Crippen molar-refractivity contribution < 1.29 is 9.53 Å². The van der Waals surface area contributed by atoms with Gasteiger partial charge in [0.2, 0.25) is 5.91 Å². The minimum absolute atomic E-state index is 0.00583. The average molecular weight is 252 g/mol. The monoisotopic (exact) mass is 252 g/mol. The highest BCUT2D eigenvalue weighted by Crippen LogP contribution is 2.20. The Morgan fingerprint density at radius 3 is 3.22 bits per heavy atom. The molecule has 18 heavy (non-hydrogen) atoms. The molecule has 1 fully saturated rings. The zero-order valence-corrected chi connectivity index (χ0v) is 10.9. The van der Waals surface area contributed by atoms with E-state index in [1.54, 1.807) is 18.0 Å². The Morgan fingerprint density at radius 1 is 1.72 bits per heavy atom. The Balaban J connectivity index is 1.92. The topological polar surface area (TPSA) is 68.2 Å². The van der Waals surface area contributed by atoms with E-state index in [0.717, 1.165) is 25.1 Å². The van der Waals surface area contributed by atoms with Crippen LogP contribution in [0.3, 0.4) is 0 Å². The molecule has 1 aromatic heterocycles. The number of ether oxygens (including phenoxy) is 1. The zero-order valence-electron chi connectivity index (χ0n) is 10.9. The minimum Gasteiger partial charge on any atom is -0.383 e. The lowest BCUT2D eigenvalue weighted by molar-refractivity contribution is -0.121. The molecule has 1 amide bonds. The molecule has 1 aromatic rings. The van der Waals surface area contributed by atoms with Crippen molar-refractivity contribution in [3.63, 3.8) is 0 Å². The van der Waals surface area contributed by atoms with Crippen LogP contribution in [-0.2, 0) is 16.1 Å². The summed E-state index contributed by atoms with van der Waals surface area (Å²) >= 11 is 0. The van der Waals surface area contributed by atoms with Crippen molar-refractivity contribution in [3.05, 3.63) is 12.4 Å². The van der Waals surface area contributed by atoms with Gasteiger partial charge in [-0.2, -0.15) is 5.10 Å². The molecule has 0 bridgehead atoms. The van der Waals surface area contributed by atoms with E-state index in [0.29, 0.717) is 13.2 Å². The van der Waals surface area contributed by atoms with Gasteiger partial charge in [0.1, 0.15) is 0 Å². The van der Waals surface area contributed by atoms with E-state index >= 15 is 0 Å². The summed E-state index contributed by atoms with van der Waals surface area (Å²) in [5, 5.41) is 10.3. The third-order valence-corrected chi connectivity index (χ3v) is 3.29. The van der Waals surface area contributed by atoms with Crippen LogP contribution < -0.4 is 10.6 Å². The second-order valence-corrected chi connectivity index (χ2v) is 4.80. The SMILES string of the molecule is COCCn1cc(NC(=O)C2(C)CCCN2)cn1. The summed E-state index contributed by atoms with van der Waals surface area (Å²) in [5.41, 5.74) is 0.278. The quantitative estimate of drug-likeness (QED) is 0.805. The molecule has 2 N–H and O–H groups in total. The summed E-state index contributed by atoms with van der Waals surface area (Å²) in [4.78, 5) is 12.1. The fourth-order valence-corrected chi connectivity index (χ4v) is 2.09. The Bertz CT molecular complexity index is 410. The van der Waals surface area contributed by atoms with E-state index in [1.807, 2.05) is 13.1 Å². The second-order valence-electron chi connectivity index (χ2n) is 4.80. The number of anilines is 1. The predicted molar refractivity (Wildman–Crippen MR) is 68.4 cm³/mol. The Morgan fingerprint density at radius 2 is 2.56 bits per heavy atom. The van der Waals surface area contributed by atoms with Gasteiger partial charge in [0.25, 0.3) is 0 Å². The number of methoxy groups -OCH3 is 1. The van der Waals surface area contributed by atoms with E-state index in [-0.39, 0.29) is 5.91 Å². The first-order valence-corrected chi connectivity index (χ1v) is 6.22. The van der Waals surface area contributed by atoms with Gasteiger partial charge in [-0.1, -0.05) is 0 Å². The summed E-state index contributed by atoms with van der Waals surface area (Å²) in [5.74, 6) is 0.00583. The van der Waals surface area contributed by atoms with Crippen molar-refractivity contribution in [2.45, 2.75) is 31.8 Å². The predicted octanol–water partition coefficient (Wildman–Crippen LogP) is 0.610. The first kappa shape index (κ1) is 13.0. The maximum absolute atomic E-state index is 12.1. The van der Waals surface area contributed by atoms with E-state index in [9.17, 15) is 4.79 Å². The molecule has 2 rings (SSSR count). The molecule has 1 atom stereocenters. The average Bonchev–Trinajstić information content (AvgIpc) is 2.97. The maximum Gasteiger partial charge on any atom is 0.244 e. The summed E-state index contributed by atoms with van der Waals surface area (Å²) in [6.45, 7) is 4.12. The first-order chi connectivity index (χ1) is 8.64. The van der Waals surface area contributed by atoms with Gasteiger partial charge in [-0.3, -0.25) is 9.48 Å². The van der Waals surface area contributed by atoms with Crippen molar-refractivity contribution in [2.24, 2.45) is 0 Å². The Kier molecular flexibility index (Phi) is 3.98. The molecule has 2 heterocycles. The van der Waals surface area contributed by atoms with Gasteiger partial charge in [0.05, 0.1) is 30.6 Å². The normalized spacial score (nSPS) is 23.2. The maximum atomic E-state index is 12.1. The molecule has 1 aliphatic heterocycles. The van der Waals surface area contributed by atoms with Gasteiger partial charge in [0, 0.05) is 13.3 Å². The highest BCUT2D eigenvalue weighted by atomic mass is 16.5. The van der Waals surface area contributed by atoms with Crippen molar-refractivity contribution >= 4 is 11.6 Å². The molecule has 1 saturated heterocycles.